The average Bonchev–Trinajstić information content (AvgIpc) is 2.92. The van der Waals surface area contributed by atoms with E-state index in [-0.39, 0.29) is 24.1 Å². The van der Waals surface area contributed by atoms with Gasteiger partial charge in [0, 0.05) is 19.3 Å². The SMILES string of the molecule is CN(C(=O)Cn1ccccc1=O)C1CCc2ccccc21. The zero-order valence-electron chi connectivity index (χ0n) is 12.0. The van der Waals surface area contributed by atoms with E-state index in [0.717, 1.165) is 12.8 Å². The van der Waals surface area contributed by atoms with Crippen LogP contribution in [-0.4, -0.2) is 22.4 Å². The molecule has 0 saturated carbocycles. The van der Waals surface area contributed by atoms with Gasteiger partial charge in [-0.05, 0) is 30.0 Å². The van der Waals surface area contributed by atoms with Crippen LogP contribution in [0.5, 0.6) is 0 Å². The molecule has 4 nitrogen and oxygen atoms in total. The predicted octanol–water partition coefficient (Wildman–Crippen LogP) is 1.99. The zero-order valence-corrected chi connectivity index (χ0v) is 12.0. The molecule has 1 heterocycles. The number of aromatic nitrogens is 1. The Hall–Kier alpha value is -2.36. The highest BCUT2D eigenvalue weighted by Crippen LogP contribution is 2.34. The van der Waals surface area contributed by atoms with Crippen molar-refractivity contribution in [3.63, 3.8) is 0 Å². The molecule has 0 bridgehead atoms. The first-order chi connectivity index (χ1) is 10.2. The van der Waals surface area contributed by atoms with Gasteiger partial charge in [0.05, 0.1) is 6.04 Å². The van der Waals surface area contributed by atoms with Crippen molar-refractivity contribution in [2.75, 3.05) is 7.05 Å². The van der Waals surface area contributed by atoms with Gasteiger partial charge in [0.2, 0.25) is 5.91 Å². The minimum atomic E-state index is -0.147. The molecular formula is C17H18N2O2. The number of pyridine rings is 1. The highest BCUT2D eigenvalue weighted by Gasteiger charge is 2.28. The number of rotatable bonds is 3. The second-order valence-electron chi connectivity index (χ2n) is 5.42. The minimum Gasteiger partial charge on any atom is -0.337 e. The van der Waals surface area contributed by atoms with Crippen LogP contribution in [0.25, 0.3) is 0 Å². The van der Waals surface area contributed by atoms with Crippen molar-refractivity contribution < 1.29 is 4.79 Å². The van der Waals surface area contributed by atoms with Gasteiger partial charge in [0.1, 0.15) is 6.54 Å². The summed E-state index contributed by atoms with van der Waals surface area (Å²) in [6.07, 6.45) is 3.60. The van der Waals surface area contributed by atoms with E-state index in [2.05, 4.69) is 12.1 Å². The predicted molar refractivity (Wildman–Crippen MR) is 81.0 cm³/mol. The Morgan fingerprint density at radius 3 is 2.81 bits per heavy atom. The first kappa shape index (κ1) is 13.6. The largest absolute Gasteiger partial charge is 0.337 e. The van der Waals surface area contributed by atoms with Crippen molar-refractivity contribution in [1.82, 2.24) is 9.47 Å². The van der Waals surface area contributed by atoms with Crippen LogP contribution in [0.3, 0.4) is 0 Å². The van der Waals surface area contributed by atoms with Crippen molar-refractivity contribution in [3.8, 4) is 0 Å². The van der Waals surface area contributed by atoms with Gasteiger partial charge < -0.3 is 9.47 Å². The van der Waals surface area contributed by atoms with Crippen LogP contribution in [0.2, 0.25) is 0 Å². The summed E-state index contributed by atoms with van der Waals surface area (Å²) in [5, 5.41) is 0. The molecule has 0 saturated heterocycles. The van der Waals surface area contributed by atoms with Gasteiger partial charge in [0.15, 0.2) is 0 Å². The van der Waals surface area contributed by atoms with Gasteiger partial charge in [-0.15, -0.1) is 0 Å². The number of amides is 1. The standard InChI is InChI=1S/C17H18N2O2/c1-18(15-10-9-13-6-2-3-7-14(13)15)17(21)12-19-11-5-4-8-16(19)20/h2-8,11,15H,9-10,12H2,1H3. The van der Waals surface area contributed by atoms with Gasteiger partial charge >= 0.3 is 0 Å². The third-order valence-electron chi connectivity index (χ3n) is 4.17. The molecule has 1 atom stereocenters. The maximum atomic E-state index is 12.4. The molecule has 1 amide bonds. The first-order valence-corrected chi connectivity index (χ1v) is 7.16. The third-order valence-corrected chi connectivity index (χ3v) is 4.17. The molecule has 0 radical (unpaired) electrons. The Kier molecular flexibility index (Phi) is 3.60. The number of hydrogen-bond acceptors (Lipinski definition) is 2. The highest BCUT2D eigenvalue weighted by atomic mass is 16.2. The van der Waals surface area contributed by atoms with Crippen LogP contribution in [0, 0.1) is 0 Å². The molecule has 0 aliphatic heterocycles. The van der Waals surface area contributed by atoms with E-state index in [0.29, 0.717) is 0 Å². The maximum absolute atomic E-state index is 12.4. The van der Waals surface area contributed by atoms with E-state index >= 15 is 0 Å². The molecule has 1 aliphatic carbocycles. The van der Waals surface area contributed by atoms with Crippen molar-refractivity contribution in [2.45, 2.75) is 25.4 Å². The van der Waals surface area contributed by atoms with Crippen molar-refractivity contribution >= 4 is 5.91 Å². The van der Waals surface area contributed by atoms with Crippen molar-refractivity contribution in [2.24, 2.45) is 0 Å². The van der Waals surface area contributed by atoms with Crippen LogP contribution in [0.15, 0.2) is 53.5 Å². The second kappa shape index (κ2) is 5.56. The highest BCUT2D eigenvalue weighted by molar-refractivity contribution is 5.76. The molecule has 0 spiro atoms. The summed E-state index contributed by atoms with van der Waals surface area (Å²) in [6.45, 7) is 0.0921. The maximum Gasteiger partial charge on any atom is 0.250 e. The number of likely N-dealkylation sites (N-methyl/N-ethyl adjacent to an activating group) is 1. The van der Waals surface area contributed by atoms with Gasteiger partial charge in [-0.3, -0.25) is 9.59 Å². The Morgan fingerprint density at radius 2 is 2.00 bits per heavy atom. The van der Waals surface area contributed by atoms with Crippen LogP contribution >= 0.6 is 0 Å². The molecule has 2 aromatic rings. The molecule has 1 aromatic carbocycles. The molecular weight excluding hydrogens is 264 g/mol. The Bertz CT molecular complexity index is 720. The molecule has 108 valence electrons. The Balaban J connectivity index is 1.77. The van der Waals surface area contributed by atoms with E-state index in [4.69, 9.17) is 0 Å². The molecule has 21 heavy (non-hydrogen) atoms. The van der Waals surface area contributed by atoms with E-state index in [1.807, 2.05) is 19.2 Å². The number of benzene rings is 1. The summed E-state index contributed by atoms with van der Waals surface area (Å²) in [5.41, 5.74) is 2.40. The number of hydrogen-bond donors (Lipinski definition) is 0. The Morgan fingerprint density at radius 1 is 1.24 bits per heavy atom. The van der Waals surface area contributed by atoms with Crippen LogP contribution in [0.4, 0.5) is 0 Å². The molecule has 3 rings (SSSR count). The topological polar surface area (TPSA) is 42.3 Å². The van der Waals surface area contributed by atoms with E-state index in [9.17, 15) is 9.59 Å². The van der Waals surface area contributed by atoms with E-state index < -0.39 is 0 Å². The second-order valence-corrected chi connectivity index (χ2v) is 5.42. The lowest BCUT2D eigenvalue weighted by Crippen LogP contribution is -2.35. The quantitative estimate of drug-likeness (QED) is 0.864. The summed E-state index contributed by atoms with van der Waals surface area (Å²) in [6, 6.07) is 13.3. The monoisotopic (exact) mass is 282 g/mol. The fourth-order valence-electron chi connectivity index (χ4n) is 2.96. The average molecular weight is 282 g/mol. The Labute approximate surface area is 123 Å². The van der Waals surface area contributed by atoms with Crippen LogP contribution in [0.1, 0.15) is 23.6 Å². The molecule has 0 fully saturated rings. The van der Waals surface area contributed by atoms with Crippen LogP contribution < -0.4 is 5.56 Å². The molecule has 1 aliphatic rings. The normalized spacial score (nSPS) is 16.5. The number of nitrogens with zero attached hydrogens (tertiary/aromatic N) is 2. The summed E-state index contributed by atoms with van der Waals surface area (Å²) >= 11 is 0. The summed E-state index contributed by atoms with van der Waals surface area (Å²) in [4.78, 5) is 25.9. The minimum absolute atomic E-state index is 0.0370. The zero-order chi connectivity index (χ0) is 14.8. The number of carbonyl (C=O) groups excluding carboxylic acids is 1. The fraction of sp³-hybridized carbons (Fsp3) is 0.294. The number of aryl methyl sites for hydroxylation is 1. The van der Waals surface area contributed by atoms with Crippen molar-refractivity contribution in [3.05, 3.63) is 70.1 Å². The lowest BCUT2D eigenvalue weighted by molar-refractivity contribution is -0.132. The van der Waals surface area contributed by atoms with Gasteiger partial charge in [-0.2, -0.15) is 0 Å². The lowest BCUT2D eigenvalue weighted by Gasteiger charge is -2.25. The summed E-state index contributed by atoms with van der Waals surface area (Å²) < 4.78 is 1.44. The molecule has 4 heteroatoms. The lowest BCUT2D eigenvalue weighted by atomic mass is 10.1. The fourth-order valence-corrected chi connectivity index (χ4v) is 2.96. The molecule has 1 unspecified atom stereocenters. The van der Waals surface area contributed by atoms with Crippen LogP contribution in [-0.2, 0) is 17.8 Å². The number of carbonyl (C=O) groups is 1. The molecule has 0 N–H and O–H groups in total. The van der Waals surface area contributed by atoms with Crippen molar-refractivity contribution in [1.29, 1.82) is 0 Å². The molecule has 1 aromatic heterocycles. The van der Waals surface area contributed by atoms with E-state index in [1.165, 1.54) is 21.8 Å². The number of fused-ring (bicyclic) bond motifs is 1. The van der Waals surface area contributed by atoms with Gasteiger partial charge in [0.25, 0.3) is 5.56 Å². The van der Waals surface area contributed by atoms with E-state index in [1.54, 1.807) is 23.2 Å². The third kappa shape index (κ3) is 2.61. The first-order valence-electron chi connectivity index (χ1n) is 7.16. The van der Waals surface area contributed by atoms with Gasteiger partial charge in [-0.1, -0.05) is 30.3 Å². The summed E-state index contributed by atoms with van der Waals surface area (Å²) in [7, 11) is 1.82. The smallest absolute Gasteiger partial charge is 0.250 e. The van der Waals surface area contributed by atoms with Gasteiger partial charge in [-0.25, -0.2) is 0 Å². The summed E-state index contributed by atoms with van der Waals surface area (Å²) in [5.74, 6) is -0.0370.